The Hall–Kier alpha value is -4.27. The second-order valence-electron chi connectivity index (χ2n) is 7.12. The molecule has 0 unspecified atom stereocenters. The Labute approximate surface area is 182 Å². The van der Waals surface area contributed by atoms with Crippen LogP contribution in [0.4, 0.5) is 4.39 Å². The van der Waals surface area contributed by atoms with Gasteiger partial charge in [-0.1, -0.05) is 18.2 Å². The Morgan fingerprint density at radius 1 is 1.06 bits per heavy atom. The van der Waals surface area contributed by atoms with E-state index in [1.807, 2.05) is 37.4 Å². The molecule has 32 heavy (non-hydrogen) atoms. The fourth-order valence-electron chi connectivity index (χ4n) is 3.56. The van der Waals surface area contributed by atoms with Gasteiger partial charge in [0.25, 0.3) is 0 Å². The molecule has 5 rings (SSSR count). The molecule has 0 saturated carbocycles. The maximum Gasteiger partial charge on any atom is 0.353 e. The van der Waals surface area contributed by atoms with Crippen molar-refractivity contribution in [2.24, 2.45) is 0 Å². The lowest BCUT2D eigenvalue weighted by Gasteiger charge is -2.05. The Bertz CT molecular complexity index is 1450. The smallest absolute Gasteiger partial charge is 0.353 e. The van der Waals surface area contributed by atoms with E-state index in [2.05, 4.69) is 15.2 Å². The minimum absolute atomic E-state index is 0.136. The number of halogens is 1. The van der Waals surface area contributed by atoms with E-state index in [1.165, 1.54) is 21.4 Å². The molecule has 160 valence electrons. The van der Waals surface area contributed by atoms with Gasteiger partial charge in [0.15, 0.2) is 0 Å². The van der Waals surface area contributed by atoms with Crippen LogP contribution >= 0.6 is 0 Å². The van der Waals surface area contributed by atoms with Gasteiger partial charge >= 0.3 is 11.7 Å². The first-order valence-corrected chi connectivity index (χ1v) is 10.1. The molecule has 2 aromatic carbocycles. The molecule has 0 aliphatic carbocycles. The van der Waals surface area contributed by atoms with E-state index >= 15 is 0 Å². The normalized spacial score (nSPS) is 11.2. The molecule has 0 radical (unpaired) electrons. The topological polar surface area (TPSA) is 79.8 Å². The maximum atomic E-state index is 13.7. The number of fused-ring (bicyclic) bond motifs is 1. The van der Waals surface area contributed by atoms with Crippen LogP contribution in [0.5, 0.6) is 6.01 Å². The van der Waals surface area contributed by atoms with Crippen molar-refractivity contribution in [2.45, 2.75) is 13.5 Å². The van der Waals surface area contributed by atoms with Gasteiger partial charge in [0, 0.05) is 17.8 Å². The molecule has 8 nitrogen and oxygen atoms in total. The van der Waals surface area contributed by atoms with E-state index in [4.69, 9.17) is 4.74 Å². The van der Waals surface area contributed by atoms with Crippen molar-refractivity contribution >= 4 is 10.9 Å². The van der Waals surface area contributed by atoms with Crippen molar-refractivity contribution in [3.8, 4) is 17.4 Å². The highest BCUT2D eigenvalue weighted by Gasteiger charge is 2.19. The summed E-state index contributed by atoms with van der Waals surface area (Å²) in [6, 6.07) is 15.5. The van der Waals surface area contributed by atoms with E-state index < -0.39 is 0 Å². The highest BCUT2D eigenvalue weighted by Crippen LogP contribution is 2.23. The average molecular weight is 430 g/mol. The van der Waals surface area contributed by atoms with Crippen LogP contribution in [0.15, 0.2) is 78.0 Å². The number of aromatic nitrogens is 6. The molecule has 0 aliphatic heterocycles. The molecule has 3 aromatic heterocycles. The van der Waals surface area contributed by atoms with Gasteiger partial charge in [-0.15, -0.1) is 5.10 Å². The number of pyridine rings is 1. The first kappa shape index (κ1) is 19.7. The molecular formula is C23H19FN6O2. The first-order valence-electron chi connectivity index (χ1n) is 10.1. The first-order chi connectivity index (χ1) is 15.6. The van der Waals surface area contributed by atoms with Crippen molar-refractivity contribution < 1.29 is 9.13 Å². The van der Waals surface area contributed by atoms with Crippen molar-refractivity contribution in [3.05, 3.63) is 95.1 Å². The zero-order chi connectivity index (χ0) is 22.1. The van der Waals surface area contributed by atoms with Crippen LogP contribution in [0.1, 0.15) is 12.5 Å². The van der Waals surface area contributed by atoms with E-state index in [0.717, 1.165) is 11.1 Å². The van der Waals surface area contributed by atoms with Gasteiger partial charge in [-0.2, -0.15) is 9.78 Å². The zero-order valence-corrected chi connectivity index (χ0v) is 17.2. The summed E-state index contributed by atoms with van der Waals surface area (Å²) in [6.07, 6.45) is 5.23. The lowest BCUT2D eigenvalue weighted by atomic mass is 10.2. The summed E-state index contributed by atoms with van der Waals surface area (Å²) in [5.41, 5.74) is 2.32. The summed E-state index contributed by atoms with van der Waals surface area (Å²) in [4.78, 5) is 17.5. The molecule has 0 N–H and O–H groups in total. The summed E-state index contributed by atoms with van der Waals surface area (Å²) in [5, 5.41) is 9.76. The molecule has 3 heterocycles. The molecule has 0 fully saturated rings. The predicted molar refractivity (Wildman–Crippen MR) is 117 cm³/mol. The largest absolute Gasteiger partial charge is 0.464 e. The molecule has 0 saturated heterocycles. The lowest BCUT2D eigenvalue weighted by molar-refractivity contribution is 0.296. The summed E-state index contributed by atoms with van der Waals surface area (Å²) in [7, 11) is 0. The molecule has 5 aromatic rings. The Morgan fingerprint density at radius 3 is 2.72 bits per heavy atom. The van der Waals surface area contributed by atoms with Gasteiger partial charge < -0.3 is 4.74 Å². The van der Waals surface area contributed by atoms with Crippen LogP contribution in [-0.2, 0) is 6.54 Å². The van der Waals surface area contributed by atoms with Crippen molar-refractivity contribution in [2.75, 3.05) is 6.61 Å². The molecule has 0 atom stereocenters. The van der Waals surface area contributed by atoms with Gasteiger partial charge in [-0.05, 0) is 48.9 Å². The molecule has 0 aliphatic rings. The van der Waals surface area contributed by atoms with Crippen LogP contribution in [0.2, 0.25) is 0 Å². The quantitative estimate of drug-likeness (QED) is 0.413. The van der Waals surface area contributed by atoms with Gasteiger partial charge in [0.05, 0.1) is 36.2 Å². The number of hydrogen-bond acceptors (Lipinski definition) is 5. The minimum atomic E-state index is -0.390. The van der Waals surface area contributed by atoms with Crippen molar-refractivity contribution in [1.29, 1.82) is 0 Å². The number of nitrogens with zero attached hydrogens (tertiary/aromatic N) is 6. The molecule has 0 spiro atoms. The Morgan fingerprint density at radius 2 is 1.94 bits per heavy atom. The second-order valence-corrected chi connectivity index (χ2v) is 7.12. The van der Waals surface area contributed by atoms with Gasteiger partial charge in [-0.3, -0.25) is 4.98 Å². The summed E-state index contributed by atoms with van der Waals surface area (Å²) >= 11 is 0. The van der Waals surface area contributed by atoms with Crippen molar-refractivity contribution in [3.63, 3.8) is 0 Å². The average Bonchev–Trinajstić information content (AvgIpc) is 3.37. The third-order valence-electron chi connectivity index (χ3n) is 5.00. The zero-order valence-electron chi connectivity index (χ0n) is 17.2. The maximum absolute atomic E-state index is 13.7. The molecule has 0 bridgehead atoms. The fraction of sp³-hybridized carbons (Fsp3) is 0.130. The summed E-state index contributed by atoms with van der Waals surface area (Å²) in [5.74, 6) is -0.367. The SMILES string of the molecule is CCOc1nn(-c2cccc3nn(-c4cccnc4)cc23)c(=O)n1Cc1cccc(F)c1. The number of rotatable bonds is 6. The van der Waals surface area contributed by atoms with Gasteiger partial charge in [0.2, 0.25) is 0 Å². The fourth-order valence-corrected chi connectivity index (χ4v) is 3.56. The van der Waals surface area contributed by atoms with E-state index in [0.29, 0.717) is 23.4 Å². The third-order valence-corrected chi connectivity index (χ3v) is 5.00. The number of benzene rings is 2. The number of hydrogen-bond donors (Lipinski definition) is 0. The molecule has 9 heteroatoms. The molecular weight excluding hydrogens is 411 g/mol. The van der Waals surface area contributed by atoms with Crippen molar-refractivity contribution in [1.82, 2.24) is 29.1 Å². The van der Waals surface area contributed by atoms with E-state index in [1.54, 1.807) is 35.3 Å². The van der Waals surface area contributed by atoms with Crippen LogP contribution < -0.4 is 10.4 Å². The Balaban J connectivity index is 1.63. The third kappa shape index (κ3) is 3.53. The van der Waals surface area contributed by atoms with Crippen LogP contribution in [0.3, 0.4) is 0 Å². The highest BCUT2D eigenvalue weighted by molar-refractivity contribution is 5.87. The number of ether oxygens (including phenoxy) is 1. The van der Waals surface area contributed by atoms with Crippen LogP contribution in [-0.4, -0.2) is 35.7 Å². The summed E-state index contributed by atoms with van der Waals surface area (Å²) in [6.45, 7) is 2.29. The van der Waals surface area contributed by atoms with E-state index in [-0.39, 0.29) is 24.1 Å². The minimum Gasteiger partial charge on any atom is -0.464 e. The summed E-state index contributed by atoms with van der Waals surface area (Å²) < 4.78 is 23.7. The van der Waals surface area contributed by atoms with E-state index in [9.17, 15) is 9.18 Å². The monoisotopic (exact) mass is 430 g/mol. The highest BCUT2D eigenvalue weighted by atomic mass is 19.1. The van der Waals surface area contributed by atoms with Crippen LogP contribution in [0, 0.1) is 5.82 Å². The molecule has 0 amide bonds. The van der Waals surface area contributed by atoms with Gasteiger partial charge in [0.1, 0.15) is 5.82 Å². The predicted octanol–water partition coefficient (Wildman–Crippen LogP) is 3.35. The Kier molecular flexibility index (Phi) is 4.98. The van der Waals surface area contributed by atoms with Crippen LogP contribution in [0.25, 0.3) is 22.3 Å². The second kappa shape index (κ2) is 8.10. The van der Waals surface area contributed by atoms with Gasteiger partial charge in [-0.25, -0.2) is 18.4 Å². The standard InChI is InChI=1S/C23H19FN6O2/c1-2-32-22-27-30(23(31)28(22)14-16-6-3-7-17(24)12-16)21-10-4-9-20-19(21)15-29(26-20)18-8-5-11-25-13-18/h3-13,15H,2,14H2,1H3. The lowest BCUT2D eigenvalue weighted by Crippen LogP contribution is -2.24.